The molecule has 0 aromatic heterocycles. The molecule has 2 aromatic carbocycles. The van der Waals surface area contributed by atoms with Gasteiger partial charge in [-0.3, -0.25) is 5.41 Å². The molecule has 0 bridgehead atoms. The molecule has 25 heavy (non-hydrogen) atoms. The molecule has 2 aliphatic rings. The van der Waals surface area contributed by atoms with E-state index in [0.29, 0.717) is 23.0 Å². The maximum atomic E-state index is 9.67. The zero-order chi connectivity index (χ0) is 17.6. The van der Waals surface area contributed by atoms with Crippen LogP contribution in [0.3, 0.4) is 0 Å². The van der Waals surface area contributed by atoms with E-state index < -0.39 is 11.8 Å². The average Bonchev–Trinajstić information content (AvgIpc) is 3.06. The summed E-state index contributed by atoms with van der Waals surface area (Å²) < 4.78 is 22.8. The number of halogens is 1. The fourth-order valence-corrected chi connectivity index (χ4v) is 3.59. The lowest BCUT2D eigenvalue weighted by Gasteiger charge is -2.31. The largest absolute Gasteiger partial charge is 0.496 e. The fourth-order valence-electron chi connectivity index (χ4n) is 3.21. The summed E-state index contributed by atoms with van der Waals surface area (Å²) in [5.41, 5.74) is 1.57. The summed E-state index contributed by atoms with van der Waals surface area (Å²) in [4.78, 5) is 0. The van der Waals surface area contributed by atoms with E-state index in [9.17, 15) is 5.26 Å². The summed E-state index contributed by atoms with van der Waals surface area (Å²) in [6.07, 6.45) is 0. The van der Waals surface area contributed by atoms with E-state index in [1.54, 1.807) is 13.2 Å². The molecule has 2 atom stereocenters. The molecule has 0 saturated heterocycles. The Morgan fingerprint density at radius 2 is 1.92 bits per heavy atom. The summed E-state index contributed by atoms with van der Waals surface area (Å²) in [5, 5.41) is 17.8. The highest BCUT2D eigenvalue weighted by molar-refractivity contribution is 9.10. The van der Waals surface area contributed by atoms with Crippen molar-refractivity contribution in [3.8, 4) is 29.1 Å². The van der Waals surface area contributed by atoms with Gasteiger partial charge < -0.3 is 18.9 Å². The molecule has 7 heteroatoms. The number of nitrogens with zero attached hydrogens (tertiary/aromatic N) is 1. The molecule has 0 saturated carbocycles. The average molecular weight is 401 g/mol. The van der Waals surface area contributed by atoms with Crippen molar-refractivity contribution in [1.29, 1.82) is 10.7 Å². The zero-order valence-electron chi connectivity index (χ0n) is 13.2. The highest BCUT2D eigenvalue weighted by Gasteiger charge is 2.39. The standard InChI is InChI=1S/C18H13BrN2O4/c1-22-13-3-2-9(19)4-10(13)17-11-5-15-16(24-8-23-15)6-14(11)25-18(21)12(17)7-20/h2-6,12,17,21H,8H2,1H3. The van der Waals surface area contributed by atoms with Gasteiger partial charge in [-0.1, -0.05) is 15.9 Å². The van der Waals surface area contributed by atoms with Gasteiger partial charge >= 0.3 is 0 Å². The summed E-state index contributed by atoms with van der Waals surface area (Å²) in [6, 6.07) is 11.3. The first kappa shape index (κ1) is 15.8. The van der Waals surface area contributed by atoms with Crippen LogP contribution in [0.2, 0.25) is 0 Å². The van der Waals surface area contributed by atoms with Crippen molar-refractivity contribution >= 4 is 21.8 Å². The van der Waals surface area contributed by atoms with Crippen LogP contribution >= 0.6 is 15.9 Å². The molecule has 126 valence electrons. The van der Waals surface area contributed by atoms with Gasteiger partial charge in [-0.05, 0) is 24.3 Å². The third-order valence-electron chi connectivity index (χ3n) is 4.34. The fraction of sp³-hybridized carbons (Fsp3) is 0.222. The Labute approximate surface area is 152 Å². The Morgan fingerprint density at radius 1 is 1.16 bits per heavy atom. The quantitative estimate of drug-likeness (QED) is 0.827. The van der Waals surface area contributed by atoms with Crippen molar-refractivity contribution in [3.05, 3.63) is 45.9 Å². The molecule has 4 rings (SSSR count). The van der Waals surface area contributed by atoms with Gasteiger partial charge in [0.25, 0.3) is 0 Å². The van der Waals surface area contributed by atoms with Gasteiger partial charge in [0, 0.05) is 27.6 Å². The maximum absolute atomic E-state index is 9.67. The van der Waals surface area contributed by atoms with Gasteiger partial charge in [0.15, 0.2) is 11.5 Å². The minimum atomic E-state index is -0.768. The normalized spacial score (nSPS) is 20.4. The summed E-state index contributed by atoms with van der Waals surface area (Å²) in [7, 11) is 1.58. The lowest BCUT2D eigenvalue weighted by molar-refractivity contribution is 0.174. The van der Waals surface area contributed by atoms with E-state index in [1.807, 2.05) is 24.3 Å². The molecular formula is C18H13BrN2O4. The number of rotatable bonds is 2. The minimum Gasteiger partial charge on any atom is -0.496 e. The van der Waals surface area contributed by atoms with Gasteiger partial charge in [0.05, 0.1) is 13.2 Å². The highest BCUT2D eigenvalue weighted by atomic mass is 79.9. The molecule has 2 unspecified atom stereocenters. The van der Waals surface area contributed by atoms with Gasteiger partial charge in [0.1, 0.15) is 17.4 Å². The third kappa shape index (κ3) is 2.50. The van der Waals surface area contributed by atoms with Crippen LogP contribution in [0.1, 0.15) is 17.0 Å². The Balaban J connectivity index is 1.96. The second-order valence-corrected chi connectivity index (χ2v) is 6.60. The SMILES string of the molecule is COc1ccc(Br)cc1C1c2cc3c(cc2OC(=N)C1C#N)OCO3. The first-order chi connectivity index (χ1) is 12.1. The van der Waals surface area contributed by atoms with Crippen LogP contribution in [-0.4, -0.2) is 19.8 Å². The summed E-state index contributed by atoms with van der Waals surface area (Å²) >= 11 is 3.47. The molecule has 2 heterocycles. The van der Waals surface area contributed by atoms with Crippen LogP contribution in [0.4, 0.5) is 0 Å². The van der Waals surface area contributed by atoms with E-state index in [0.717, 1.165) is 15.6 Å². The number of methoxy groups -OCH3 is 1. The number of fused-ring (bicyclic) bond motifs is 2. The van der Waals surface area contributed by atoms with Crippen LogP contribution in [-0.2, 0) is 0 Å². The first-order valence-corrected chi connectivity index (χ1v) is 8.34. The Morgan fingerprint density at radius 3 is 2.64 bits per heavy atom. The molecule has 6 nitrogen and oxygen atoms in total. The molecule has 0 fully saturated rings. The molecule has 1 N–H and O–H groups in total. The van der Waals surface area contributed by atoms with Gasteiger partial charge in [-0.25, -0.2) is 0 Å². The highest BCUT2D eigenvalue weighted by Crippen LogP contribution is 2.49. The first-order valence-electron chi connectivity index (χ1n) is 7.55. The van der Waals surface area contributed by atoms with Crippen LogP contribution in [0.5, 0.6) is 23.0 Å². The van der Waals surface area contributed by atoms with E-state index in [1.165, 1.54) is 0 Å². The third-order valence-corrected chi connectivity index (χ3v) is 4.83. The van der Waals surface area contributed by atoms with Crippen LogP contribution in [0, 0.1) is 22.7 Å². The van der Waals surface area contributed by atoms with Gasteiger partial charge in [-0.15, -0.1) is 0 Å². The van der Waals surface area contributed by atoms with Gasteiger partial charge in [-0.2, -0.15) is 5.26 Å². The molecule has 0 amide bonds. The molecule has 0 spiro atoms. The summed E-state index contributed by atoms with van der Waals surface area (Å²) in [5.74, 6) is 1.04. The lowest BCUT2D eigenvalue weighted by Crippen LogP contribution is -2.31. The van der Waals surface area contributed by atoms with Crippen molar-refractivity contribution < 1.29 is 18.9 Å². The predicted octanol–water partition coefficient (Wildman–Crippen LogP) is 3.83. The lowest BCUT2D eigenvalue weighted by atomic mass is 9.78. The van der Waals surface area contributed by atoms with Crippen LogP contribution < -0.4 is 18.9 Å². The smallest absolute Gasteiger partial charge is 0.231 e. The maximum Gasteiger partial charge on any atom is 0.231 e. The van der Waals surface area contributed by atoms with Crippen molar-refractivity contribution in [2.24, 2.45) is 5.92 Å². The minimum absolute atomic E-state index is 0.0964. The Bertz CT molecular complexity index is 922. The predicted molar refractivity (Wildman–Crippen MR) is 92.6 cm³/mol. The number of nitriles is 1. The van der Waals surface area contributed by atoms with Gasteiger partial charge in [0.2, 0.25) is 12.7 Å². The topological polar surface area (TPSA) is 84.6 Å². The van der Waals surface area contributed by atoms with E-state index in [2.05, 4.69) is 22.0 Å². The van der Waals surface area contributed by atoms with Crippen molar-refractivity contribution in [2.75, 3.05) is 13.9 Å². The second kappa shape index (κ2) is 5.97. The van der Waals surface area contributed by atoms with Crippen molar-refractivity contribution in [1.82, 2.24) is 0 Å². The molecule has 0 aliphatic carbocycles. The second-order valence-electron chi connectivity index (χ2n) is 5.68. The Kier molecular flexibility index (Phi) is 3.77. The number of hydrogen-bond acceptors (Lipinski definition) is 6. The van der Waals surface area contributed by atoms with Crippen LogP contribution in [0.15, 0.2) is 34.8 Å². The summed E-state index contributed by atoms with van der Waals surface area (Å²) in [6.45, 7) is 0.141. The van der Waals surface area contributed by atoms with Crippen molar-refractivity contribution in [2.45, 2.75) is 5.92 Å². The Hall–Kier alpha value is -2.72. The number of nitrogens with one attached hydrogen (secondary N) is 1. The molecule has 2 aromatic rings. The molecule has 2 aliphatic heterocycles. The number of benzene rings is 2. The molecular weight excluding hydrogens is 388 g/mol. The zero-order valence-corrected chi connectivity index (χ0v) is 14.8. The van der Waals surface area contributed by atoms with E-state index in [4.69, 9.17) is 24.4 Å². The molecule has 0 radical (unpaired) electrons. The number of ether oxygens (including phenoxy) is 4. The monoisotopic (exact) mass is 400 g/mol. The van der Waals surface area contributed by atoms with E-state index in [-0.39, 0.29) is 12.7 Å². The van der Waals surface area contributed by atoms with E-state index >= 15 is 0 Å². The van der Waals surface area contributed by atoms with Crippen LogP contribution in [0.25, 0.3) is 0 Å². The van der Waals surface area contributed by atoms with Crippen molar-refractivity contribution in [3.63, 3.8) is 0 Å². The number of hydrogen-bond donors (Lipinski definition) is 1.